The molecule has 96 valence electrons. The molecule has 4 nitrogen and oxygen atoms in total. The molecule has 0 aromatic heterocycles. The summed E-state index contributed by atoms with van der Waals surface area (Å²) in [6.07, 6.45) is -0.0518. The summed E-state index contributed by atoms with van der Waals surface area (Å²) in [5.74, 6) is -3.27. The molecule has 0 spiro atoms. The van der Waals surface area contributed by atoms with E-state index in [4.69, 9.17) is 5.73 Å². The molecule has 0 bridgehead atoms. The lowest BCUT2D eigenvalue weighted by Crippen LogP contribution is -2.29. The van der Waals surface area contributed by atoms with E-state index in [1.54, 1.807) is 0 Å². The van der Waals surface area contributed by atoms with E-state index in [1.165, 1.54) is 0 Å². The third-order valence-electron chi connectivity index (χ3n) is 2.83. The third-order valence-corrected chi connectivity index (χ3v) is 3.56. The van der Waals surface area contributed by atoms with Crippen LogP contribution >= 0.6 is 15.9 Å². The van der Waals surface area contributed by atoms with E-state index in [1.807, 2.05) is 0 Å². The fourth-order valence-electron chi connectivity index (χ4n) is 1.86. The average Bonchev–Trinajstić information content (AvgIpc) is 2.69. The summed E-state index contributed by atoms with van der Waals surface area (Å²) < 4.78 is 26.6. The van der Waals surface area contributed by atoms with Crippen molar-refractivity contribution in [1.82, 2.24) is 0 Å². The lowest BCUT2D eigenvalue weighted by molar-refractivity contribution is -0.123. The molecule has 1 saturated heterocycles. The molecule has 0 saturated carbocycles. The van der Waals surface area contributed by atoms with Gasteiger partial charge in [-0.25, -0.2) is 8.78 Å². The van der Waals surface area contributed by atoms with Crippen LogP contribution in [0.25, 0.3) is 0 Å². The number of hydrogen-bond acceptors (Lipinski definition) is 2. The first-order chi connectivity index (χ1) is 8.41. The van der Waals surface area contributed by atoms with Gasteiger partial charge in [-0.3, -0.25) is 9.59 Å². The van der Waals surface area contributed by atoms with Crippen molar-refractivity contribution >= 4 is 33.4 Å². The summed E-state index contributed by atoms with van der Waals surface area (Å²) in [4.78, 5) is 23.8. The third kappa shape index (κ3) is 2.10. The van der Waals surface area contributed by atoms with Crippen LogP contribution < -0.4 is 10.6 Å². The number of anilines is 1. The van der Waals surface area contributed by atoms with Crippen molar-refractivity contribution in [2.75, 3.05) is 11.4 Å². The van der Waals surface area contributed by atoms with Crippen LogP contribution in [0.5, 0.6) is 0 Å². The first-order valence-corrected chi connectivity index (χ1v) is 5.94. The van der Waals surface area contributed by atoms with Gasteiger partial charge in [-0.15, -0.1) is 0 Å². The van der Waals surface area contributed by atoms with Crippen LogP contribution in [-0.2, 0) is 9.59 Å². The molecule has 2 rings (SSSR count). The highest BCUT2D eigenvalue weighted by atomic mass is 79.9. The number of primary amides is 1. The van der Waals surface area contributed by atoms with Crippen LogP contribution in [0, 0.1) is 17.6 Å². The minimum atomic E-state index is -0.867. The Morgan fingerprint density at radius 3 is 2.67 bits per heavy atom. The van der Waals surface area contributed by atoms with Gasteiger partial charge in [0.05, 0.1) is 16.1 Å². The van der Waals surface area contributed by atoms with Crippen molar-refractivity contribution in [2.24, 2.45) is 11.7 Å². The highest BCUT2D eigenvalue weighted by molar-refractivity contribution is 9.10. The van der Waals surface area contributed by atoms with Crippen LogP contribution in [-0.4, -0.2) is 18.4 Å². The van der Waals surface area contributed by atoms with Crippen LogP contribution in [0.2, 0.25) is 0 Å². The van der Waals surface area contributed by atoms with Gasteiger partial charge >= 0.3 is 0 Å². The topological polar surface area (TPSA) is 63.4 Å². The zero-order valence-corrected chi connectivity index (χ0v) is 10.7. The van der Waals surface area contributed by atoms with Gasteiger partial charge in [-0.05, 0) is 28.1 Å². The molecule has 1 aromatic rings. The van der Waals surface area contributed by atoms with Gasteiger partial charge in [-0.1, -0.05) is 0 Å². The summed E-state index contributed by atoms with van der Waals surface area (Å²) in [6.45, 7) is 0.0170. The van der Waals surface area contributed by atoms with Crippen molar-refractivity contribution in [1.29, 1.82) is 0 Å². The number of nitrogens with two attached hydrogens (primary N) is 1. The monoisotopic (exact) mass is 318 g/mol. The molecule has 0 aliphatic carbocycles. The van der Waals surface area contributed by atoms with Crippen LogP contribution in [0.4, 0.5) is 14.5 Å². The summed E-state index contributed by atoms with van der Waals surface area (Å²) in [5, 5.41) is 0. The number of nitrogens with zero attached hydrogens (tertiary/aromatic N) is 1. The lowest BCUT2D eigenvalue weighted by Gasteiger charge is -2.17. The maximum atomic E-state index is 13.8. The van der Waals surface area contributed by atoms with E-state index < -0.39 is 29.4 Å². The second kappa shape index (κ2) is 4.64. The molecule has 18 heavy (non-hydrogen) atoms. The molecule has 1 aliphatic heterocycles. The number of hydrogen-bond donors (Lipinski definition) is 1. The van der Waals surface area contributed by atoms with Crippen LogP contribution in [0.15, 0.2) is 16.6 Å². The van der Waals surface area contributed by atoms with Crippen molar-refractivity contribution in [2.45, 2.75) is 6.42 Å². The molecule has 1 aliphatic rings. The van der Waals surface area contributed by atoms with Gasteiger partial charge in [0.25, 0.3) is 0 Å². The van der Waals surface area contributed by atoms with E-state index >= 15 is 0 Å². The Bertz CT molecular complexity index is 536. The average molecular weight is 319 g/mol. The summed E-state index contributed by atoms with van der Waals surface area (Å²) in [6, 6.07) is 2.21. The van der Waals surface area contributed by atoms with E-state index in [2.05, 4.69) is 15.9 Å². The van der Waals surface area contributed by atoms with Gasteiger partial charge in [0.1, 0.15) is 5.82 Å². The van der Waals surface area contributed by atoms with Gasteiger partial charge in [0, 0.05) is 13.0 Å². The van der Waals surface area contributed by atoms with Gasteiger partial charge < -0.3 is 10.6 Å². The van der Waals surface area contributed by atoms with Crippen molar-refractivity contribution < 1.29 is 18.4 Å². The molecular weight excluding hydrogens is 310 g/mol. The Balaban J connectivity index is 2.36. The minimum absolute atomic E-state index is 0.0170. The standard InChI is InChI=1S/C11H9BrF2N2O2/c12-9-6(13)1-2-7(10(9)14)16-4-5(11(15)18)3-8(16)17/h1-2,5H,3-4H2,(H2,15,18). The predicted octanol–water partition coefficient (Wildman–Crippen LogP) is 1.57. The Morgan fingerprint density at radius 1 is 1.44 bits per heavy atom. The molecule has 1 atom stereocenters. The predicted molar refractivity (Wildman–Crippen MR) is 63.7 cm³/mol. The molecule has 2 amide bonds. The second-order valence-corrected chi connectivity index (χ2v) is 4.80. The maximum Gasteiger partial charge on any atom is 0.227 e. The molecule has 1 heterocycles. The normalized spacial score (nSPS) is 19.4. The molecular formula is C11H9BrF2N2O2. The maximum absolute atomic E-state index is 13.8. The second-order valence-electron chi connectivity index (χ2n) is 4.00. The number of carbonyl (C=O) groups excluding carboxylic acids is 2. The van der Waals surface area contributed by atoms with E-state index in [0.29, 0.717) is 0 Å². The first kappa shape index (κ1) is 12.9. The summed E-state index contributed by atoms with van der Waals surface area (Å²) >= 11 is 2.76. The fourth-order valence-corrected chi connectivity index (χ4v) is 2.19. The quantitative estimate of drug-likeness (QED) is 0.841. The Labute approximate surface area is 110 Å². The Hall–Kier alpha value is -1.50. The number of halogens is 3. The largest absolute Gasteiger partial charge is 0.369 e. The number of benzene rings is 1. The van der Waals surface area contributed by atoms with Crippen molar-refractivity contribution in [3.63, 3.8) is 0 Å². The lowest BCUT2D eigenvalue weighted by atomic mass is 10.1. The molecule has 0 radical (unpaired) electrons. The molecule has 1 fully saturated rings. The van der Waals surface area contributed by atoms with Crippen molar-refractivity contribution in [3.8, 4) is 0 Å². The highest BCUT2D eigenvalue weighted by Gasteiger charge is 2.35. The Morgan fingerprint density at radius 2 is 2.11 bits per heavy atom. The molecule has 7 heteroatoms. The van der Waals surface area contributed by atoms with Gasteiger partial charge in [-0.2, -0.15) is 0 Å². The number of carbonyl (C=O) groups is 2. The van der Waals surface area contributed by atoms with Gasteiger partial charge in [0.2, 0.25) is 11.8 Å². The van der Waals surface area contributed by atoms with Crippen LogP contribution in [0.1, 0.15) is 6.42 Å². The molecule has 2 N–H and O–H groups in total. The highest BCUT2D eigenvalue weighted by Crippen LogP contribution is 2.32. The van der Waals surface area contributed by atoms with Crippen LogP contribution in [0.3, 0.4) is 0 Å². The SMILES string of the molecule is NC(=O)C1CC(=O)N(c2ccc(F)c(Br)c2F)C1. The smallest absolute Gasteiger partial charge is 0.227 e. The van der Waals surface area contributed by atoms with E-state index in [9.17, 15) is 18.4 Å². The minimum Gasteiger partial charge on any atom is -0.369 e. The van der Waals surface area contributed by atoms with Crippen molar-refractivity contribution in [3.05, 3.63) is 28.2 Å². The zero-order valence-electron chi connectivity index (χ0n) is 9.12. The first-order valence-electron chi connectivity index (χ1n) is 5.15. The van der Waals surface area contributed by atoms with E-state index in [-0.39, 0.29) is 23.1 Å². The summed E-state index contributed by atoms with van der Waals surface area (Å²) in [7, 11) is 0. The number of amides is 2. The van der Waals surface area contributed by atoms with E-state index in [0.717, 1.165) is 17.0 Å². The molecule has 1 aromatic carbocycles. The number of rotatable bonds is 2. The fraction of sp³-hybridized carbons (Fsp3) is 0.273. The summed E-state index contributed by atoms with van der Waals surface area (Å²) in [5.41, 5.74) is 5.05. The zero-order chi connectivity index (χ0) is 13.4. The molecule has 1 unspecified atom stereocenters. The Kier molecular flexibility index (Phi) is 3.34. The van der Waals surface area contributed by atoms with Gasteiger partial charge in [0.15, 0.2) is 5.82 Å².